The normalized spacial score (nSPS) is 13.2. The molecule has 0 spiro atoms. The average molecular weight is 299 g/mol. The van der Waals surface area contributed by atoms with Gasteiger partial charge in [0.2, 0.25) is 0 Å². The molecule has 0 heterocycles. The summed E-state index contributed by atoms with van der Waals surface area (Å²) in [5, 5.41) is 10.9. The Morgan fingerprint density at radius 3 is 2.40 bits per heavy atom. The van der Waals surface area contributed by atoms with Gasteiger partial charge in [0.25, 0.3) is 0 Å². The van der Waals surface area contributed by atoms with E-state index in [4.69, 9.17) is 11.6 Å². The van der Waals surface area contributed by atoms with E-state index < -0.39 is 6.10 Å². The number of aliphatic hydroxyl groups is 1. The Morgan fingerprint density at radius 1 is 1.10 bits per heavy atom. The Labute approximate surface area is 128 Å². The van der Waals surface area contributed by atoms with Crippen LogP contribution in [-0.2, 0) is 0 Å². The highest BCUT2D eigenvalue weighted by Crippen LogP contribution is 2.24. The van der Waals surface area contributed by atoms with Crippen LogP contribution in [0.1, 0.15) is 31.4 Å². The van der Waals surface area contributed by atoms with Gasteiger partial charge in [-0.2, -0.15) is 0 Å². The Hall–Kier alpha value is -0.610. The Bertz CT molecular complexity index is 384. The third kappa shape index (κ3) is 6.23. The van der Waals surface area contributed by atoms with Crippen LogP contribution < -0.4 is 0 Å². The fourth-order valence-corrected chi connectivity index (χ4v) is 2.46. The number of hydrogen-bond acceptors (Lipinski definition) is 3. The summed E-state index contributed by atoms with van der Waals surface area (Å²) < 4.78 is 0. The van der Waals surface area contributed by atoms with Crippen molar-refractivity contribution in [1.29, 1.82) is 0 Å². The van der Waals surface area contributed by atoms with Gasteiger partial charge in [0.1, 0.15) is 0 Å². The van der Waals surface area contributed by atoms with E-state index in [1.807, 2.05) is 24.3 Å². The lowest BCUT2D eigenvalue weighted by molar-refractivity contribution is 0.138. The zero-order valence-corrected chi connectivity index (χ0v) is 13.6. The predicted octanol–water partition coefficient (Wildman–Crippen LogP) is 3.04. The molecule has 1 aromatic carbocycles. The van der Waals surface area contributed by atoms with Gasteiger partial charge in [0, 0.05) is 24.7 Å². The molecule has 0 aliphatic heterocycles. The molecule has 0 saturated heterocycles. The molecule has 0 aromatic heterocycles. The van der Waals surface area contributed by atoms with Crippen LogP contribution in [0.25, 0.3) is 0 Å². The van der Waals surface area contributed by atoms with Crippen molar-refractivity contribution in [1.82, 2.24) is 9.80 Å². The maximum Gasteiger partial charge on any atom is 0.0816 e. The van der Waals surface area contributed by atoms with E-state index in [1.54, 1.807) is 0 Å². The molecule has 0 aliphatic rings. The maximum atomic E-state index is 10.3. The summed E-state index contributed by atoms with van der Waals surface area (Å²) in [6.45, 7) is 6.24. The first-order valence-corrected chi connectivity index (χ1v) is 7.72. The first-order valence-electron chi connectivity index (χ1n) is 7.34. The first kappa shape index (κ1) is 17.4. The van der Waals surface area contributed by atoms with E-state index in [1.165, 1.54) is 0 Å². The van der Waals surface area contributed by atoms with Gasteiger partial charge in [-0.05, 0) is 45.1 Å². The van der Waals surface area contributed by atoms with E-state index in [2.05, 4.69) is 30.8 Å². The predicted molar refractivity (Wildman–Crippen MR) is 86.3 cm³/mol. The quantitative estimate of drug-likeness (QED) is 0.759. The highest BCUT2D eigenvalue weighted by molar-refractivity contribution is 6.31. The van der Waals surface area contributed by atoms with Gasteiger partial charge in [0.05, 0.1) is 6.10 Å². The van der Waals surface area contributed by atoms with Crippen LogP contribution in [-0.4, -0.2) is 55.2 Å². The van der Waals surface area contributed by atoms with E-state index in [-0.39, 0.29) is 0 Å². The second kappa shape index (κ2) is 9.35. The molecule has 4 heteroatoms. The summed E-state index contributed by atoms with van der Waals surface area (Å²) in [7, 11) is 4.17. The third-order valence-corrected chi connectivity index (χ3v) is 3.73. The molecule has 1 unspecified atom stereocenters. The largest absolute Gasteiger partial charge is 0.388 e. The number of aliphatic hydroxyl groups excluding tert-OH is 1. The fourth-order valence-electron chi connectivity index (χ4n) is 2.20. The summed E-state index contributed by atoms with van der Waals surface area (Å²) >= 11 is 6.12. The summed E-state index contributed by atoms with van der Waals surface area (Å²) in [6, 6.07) is 7.53. The van der Waals surface area contributed by atoms with Crippen LogP contribution in [0.15, 0.2) is 24.3 Å². The average Bonchev–Trinajstić information content (AvgIpc) is 2.42. The van der Waals surface area contributed by atoms with Gasteiger partial charge in [-0.25, -0.2) is 0 Å². The second-order valence-electron chi connectivity index (χ2n) is 5.47. The van der Waals surface area contributed by atoms with Gasteiger partial charge < -0.3 is 14.9 Å². The Balaban J connectivity index is 2.47. The van der Waals surface area contributed by atoms with E-state index in [0.717, 1.165) is 44.6 Å². The zero-order chi connectivity index (χ0) is 15.0. The first-order chi connectivity index (χ1) is 9.54. The van der Waals surface area contributed by atoms with Crippen molar-refractivity contribution in [3.8, 4) is 0 Å². The lowest BCUT2D eigenvalue weighted by Crippen LogP contribution is -2.33. The summed E-state index contributed by atoms with van der Waals surface area (Å²) in [4.78, 5) is 4.59. The molecule has 0 bridgehead atoms. The van der Waals surface area contributed by atoms with Gasteiger partial charge in [0.15, 0.2) is 0 Å². The third-order valence-electron chi connectivity index (χ3n) is 3.39. The monoisotopic (exact) mass is 298 g/mol. The van der Waals surface area contributed by atoms with E-state index >= 15 is 0 Å². The molecule has 1 N–H and O–H groups in total. The van der Waals surface area contributed by atoms with E-state index in [0.29, 0.717) is 5.02 Å². The number of hydrogen-bond donors (Lipinski definition) is 1. The molecule has 1 aromatic rings. The van der Waals surface area contributed by atoms with Gasteiger partial charge in [-0.3, -0.25) is 0 Å². The molecule has 3 nitrogen and oxygen atoms in total. The van der Waals surface area contributed by atoms with Crippen molar-refractivity contribution in [3.63, 3.8) is 0 Å². The number of likely N-dealkylation sites (N-methyl/N-ethyl adjacent to an activating group) is 1. The Morgan fingerprint density at radius 2 is 1.80 bits per heavy atom. The van der Waals surface area contributed by atoms with Crippen LogP contribution in [0, 0.1) is 0 Å². The number of benzene rings is 1. The SMILES string of the molecule is CCCN(CCC(O)c1ccccc1Cl)CCN(C)C. The van der Waals surface area contributed by atoms with Crippen LogP contribution in [0.5, 0.6) is 0 Å². The minimum absolute atomic E-state index is 0.484. The smallest absolute Gasteiger partial charge is 0.0816 e. The molecule has 1 atom stereocenters. The highest BCUT2D eigenvalue weighted by Gasteiger charge is 2.13. The summed E-state index contributed by atoms with van der Waals surface area (Å²) in [6.07, 6.45) is 1.37. The molecule has 0 saturated carbocycles. The van der Waals surface area contributed by atoms with Crippen molar-refractivity contribution in [2.45, 2.75) is 25.9 Å². The standard InChI is InChI=1S/C16H27ClN2O/c1-4-10-19(13-12-18(2)3)11-9-16(20)14-7-5-6-8-15(14)17/h5-8,16,20H,4,9-13H2,1-3H3. The molecule has 0 fully saturated rings. The Kier molecular flexibility index (Phi) is 8.15. The minimum atomic E-state index is -0.484. The number of halogens is 1. The van der Waals surface area contributed by atoms with Crippen molar-refractivity contribution in [2.24, 2.45) is 0 Å². The topological polar surface area (TPSA) is 26.7 Å². The van der Waals surface area contributed by atoms with Crippen LogP contribution in [0.2, 0.25) is 5.02 Å². The van der Waals surface area contributed by atoms with Crippen LogP contribution in [0.3, 0.4) is 0 Å². The van der Waals surface area contributed by atoms with Crippen LogP contribution in [0.4, 0.5) is 0 Å². The number of rotatable bonds is 9. The molecule has 20 heavy (non-hydrogen) atoms. The van der Waals surface area contributed by atoms with Crippen LogP contribution >= 0.6 is 11.6 Å². The van der Waals surface area contributed by atoms with Crippen molar-refractivity contribution < 1.29 is 5.11 Å². The second-order valence-corrected chi connectivity index (χ2v) is 5.88. The molecule has 0 radical (unpaired) electrons. The van der Waals surface area contributed by atoms with Gasteiger partial charge >= 0.3 is 0 Å². The molecule has 0 amide bonds. The fraction of sp³-hybridized carbons (Fsp3) is 0.625. The zero-order valence-electron chi connectivity index (χ0n) is 12.8. The molecule has 114 valence electrons. The highest BCUT2D eigenvalue weighted by atomic mass is 35.5. The summed E-state index contributed by atoms with van der Waals surface area (Å²) in [5.74, 6) is 0. The lowest BCUT2D eigenvalue weighted by Gasteiger charge is -2.25. The minimum Gasteiger partial charge on any atom is -0.388 e. The maximum absolute atomic E-state index is 10.3. The lowest BCUT2D eigenvalue weighted by atomic mass is 10.1. The molecular formula is C16H27ClN2O. The number of nitrogens with zero attached hydrogens (tertiary/aromatic N) is 2. The molecule has 0 aliphatic carbocycles. The summed E-state index contributed by atoms with van der Waals surface area (Å²) in [5.41, 5.74) is 0.832. The molecular weight excluding hydrogens is 272 g/mol. The van der Waals surface area contributed by atoms with Gasteiger partial charge in [-0.1, -0.05) is 36.7 Å². The van der Waals surface area contributed by atoms with E-state index in [9.17, 15) is 5.11 Å². The van der Waals surface area contributed by atoms with Crippen molar-refractivity contribution >= 4 is 11.6 Å². The molecule has 1 rings (SSSR count). The van der Waals surface area contributed by atoms with Gasteiger partial charge in [-0.15, -0.1) is 0 Å². The van der Waals surface area contributed by atoms with Crippen molar-refractivity contribution in [3.05, 3.63) is 34.9 Å². The van der Waals surface area contributed by atoms with Crippen molar-refractivity contribution in [2.75, 3.05) is 40.3 Å².